The van der Waals surface area contributed by atoms with Crippen LogP contribution >= 0.6 is 0 Å². The fourth-order valence-electron chi connectivity index (χ4n) is 0.151. The summed E-state index contributed by atoms with van der Waals surface area (Å²) in [6.45, 7) is 0.0417. The van der Waals surface area contributed by atoms with E-state index in [1.807, 2.05) is 0 Å². The first kappa shape index (κ1) is 22.5. The van der Waals surface area contributed by atoms with Crippen molar-refractivity contribution in [2.45, 2.75) is 0 Å². The molecule has 0 radical (unpaired) electrons. The van der Waals surface area contributed by atoms with Crippen molar-refractivity contribution in [3.8, 4) is 0 Å². The summed E-state index contributed by atoms with van der Waals surface area (Å²) >= 11 is 0. The zero-order valence-corrected chi connectivity index (χ0v) is 3.56. The van der Waals surface area contributed by atoms with Gasteiger partial charge in [-0.2, -0.15) is 0 Å². The molecule has 0 aromatic rings. The maximum absolute atomic E-state index is 9.54. The summed E-state index contributed by atoms with van der Waals surface area (Å²) in [6, 6.07) is 0. The van der Waals surface area contributed by atoms with E-state index < -0.39 is 5.97 Å². The summed E-state index contributed by atoms with van der Waals surface area (Å²) in [4.78, 5) is 9.54. The molecule has 0 rings (SSSR count). The Hall–Kier alpha value is 2.43. The molecule has 42 valence electrons. The number of hydrogen-bond acceptors (Lipinski definition) is 2. The van der Waals surface area contributed by atoms with Crippen LogP contribution in [0.2, 0.25) is 0 Å². The van der Waals surface area contributed by atoms with Crippen molar-refractivity contribution in [2.24, 2.45) is 0 Å². The monoisotopic (exact) mass is 161 g/mol. The van der Waals surface area contributed by atoms with Gasteiger partial charge in [0.2, 0.25) is 0 Å². The van der Waals surface area contributed by atoms with Crippen LogP contribution < -0.4 is 5.32 Å². The Balaban J connectivity index is -0.0000000417. The zero-order chi connectivity index (χ0) is 4.99. The molecule has 0 spiro atoms. The average molecular weight is 161 g/mol. The zero-order valence-electron chi connectivity index (χ0n) is 3.56. The van der Waals surface area contributed by atoms with Crippen LogP contribution in [0.1, 0.15) is 0 Å². The van der Waals surface area contributed by atoms with Crippen LogP contribution in [0.4, 0.5) is 0 Å². The number of aliphatic carboxylic acids is 1. The normalized spacial score (nSPS) is 5.44. The third-order valence-corrected chi connectivity index (χ3v) is 0.328. The van der Waals surface area contributed by atoms with Crippen LogP contribution in [-0.2, 0) is 4.79 Å². The first-order chi connectivity index (χ1) is 2.77. The molecule has 0 amide bonds. The van der Waals surface area contributed by atoms with E-state index in [0.717, 1.165) is 0 Å². The molecule has 0 bridgehead atoms. The molecule has 2 N–H and O–H groups in total. The average Bonchev–Trinajstić information content (AvgIpc) is 1.35. The number of nitrogens with one attached hydrogen (secondary N) is 1. The van der Waals surface area contributed by atoms with Gasteiger partial charge in [0, 0.05) is 0 Å². The van der Waals surface area contributed by atoms with E-state index in [1.54, 1.807) is 7.05 Å². The van der Waals surface area contributed by atoms with Gasteiger partial charge in [-0.1, -0.05) is 0 Å². The van der Waals surface area contributed by atoms with E-state index in [4.69, 9.17) is 5.11 Å². The van der Waals surface area contributed by atoms with Gasteiger partial charge in [0.05, 0.1) is 6.54 Å². The van der Waals surface area contributed by atoms with Crippen molar-refractivity contribution in [2.75, 3.05) is 13.6 Å². The number of carboxylic acids is 1. The van der Waals surface area contributed by atoms with Crippen LogP contribution in [-0.4, -0.2) is 113 Å². The number of rotatable bonds is 2. The Morgan fingerprint density at radius 2 is 1.78 bits per heavy atom. The maximum atomic E-state index is 9.54. The summed E-state index contributed by atoms with van der Waals surface area (Å²) in [7, 11) is 1.59. The summed E-state index contributed by atoms with van der Waals surface area (Å²) in [6.07, 6.45) is 0. The van der Waals surface area contributed by atoms with Crippen LogP contribution in [0, 0.1) is 0 Å². The summed E-state index contributed by atoms with van der Waals surface area (Å²) in [5.41, 5.74) is 0. The SMILES string of the molecule is CNCC(=O)O.[NaH].[NaH].[NaH]. The number of carboxylic acid groups (broad SMARTS) is 1. The van der Waals surface area contributed by atoms with E-state index in [-0.39, 0.29) is 95.2 Å². The van der Waals surface area contributed by atoms with Gasteiger partial charge >= 0.3 is 94.6 Å². The van der Waals surface area contributed by atoms with Crippen molar-refractivity contribution in [1.29, 1.82) is 0 Å². The Kier molecular flexibility index (Phi) is 42.0. The molecule has 0 saturated carbocycles. The fourth-order valence-corrected chi connectivity index (χ4v) is 0.151. The van der Waals surface area contributed by atoms with E-state index in [0.29, 0.717) is 0 Å². The quantitative estimate of drug-likeness (QED) is 0.435. The van der Waals surface area contributed by atoms with Crippen LogP contribution in [0.25, 0.3) is 0 Å². The summed E-state index contributed by atoms with van der Waals surface area (Å²) < 4.78 is 0. The molecule has 0 aliphatic rings. The molecule has 0 aromatic carbocycles. The predicted molar refractivity (Wildman–Crippen MR) is 43.0 cm³/mol. The fraction of sp³-hybridized carbons (Fsp3) is 0.667. The Morgan fingerprint density at radius 3 is 1.78 bits per heavy atom. The van der Waals surface area contributed by atoms with E-state index >= 15 is 0 Å². The molecule has 0 unspecified atom stereocenters. The number of carbonyl (C=O) groups is 1. The summed E-state index contributed by atoms with van der Waals surface area (Å²) in [5, 5.41) is 10.3. The van der Waals surface area contributed by atoms with Gasteiger partial charge in [-0.05, 0) is 7.05 Å². The van der Waals surface area contributed by atoms with Gasteiger partial charge in [-0.25, -0.2) is 0 Å². The van der Waals surface area contributed by atoms with Crippen LogP contribution in [0.15, 0.2) is 0 Å². The first-order valence-corrected chi connectivity index (χ1v) is 1.63. The second-order valence-corrected chi connectivity index (χ2v) is 0.924. The topological polar surface area (TPSA) is 49.3 Å². The molecular weight excluding hydrogens is 151 g/mol. The number of likely N-dealkylation sites (N-methyl/N-ethyl adjacent to an activating group) is 1. The molecule has 3 nitrogen and oxygen atoms in total. The minimum absolute atomic E-state index is 0. The minimum atomic E-state index is -0.822. The third-order valence-electron chi connectivity index (χ3n) is 0.328. The van der Waals surface area contributed by atoms with Crippen molar-refractivity contribution in [3.63, 3.8) is 0 Å². The molecule has 0 atom stereocenters. The summed E-state index contributed by atoms with van der Waals surface area (Å²) in [5.74, 6) is -0.822. The molecule has 0 fully saturated rings. The molecule has 0 heterocycles. The predicted octanol–water partition coefficient (Wildman–Crippen LogP) is -2.66. The van der Waals surface area contributed by atoms with Gasteiger partial charge in [-0.3, -0.25) is 4.79 Å². The van der Waals surface area contributed by atoms with Crippen molar-refractivity contribution in [1.82, 2.24) is 5.32 Å². The van der Waals surface area contributed by atoms with Gasteiger partial charge in [0.1, 0.15) is 0 Å². The van der Waals surface area contributed by atoms with Gasteiger partial charge in [0.15, 0.2) is 0 Å². The van der Waals surface area contributed by atoms with Crippen LogP contribution in [0.3, 0.4) is 0 Å². The first-order valence-electron chi connectivity index (χ1n) is 1.63. The van der Waals surface area contributed by atoms with Crippen LogP contribution in [0.5, 0.6) is 0 Å². The third kappa shape index (κ3) is 25.1. The van der Waals surface area contributed by atoms with Crippen molar-refractivity contribution >= 4 is 94.6 Å². The second kappa shape index (κ2) is 16.8. The molecule has 0 aliphatic heterocycles. The Morgan fingerprint density at radius 1 is 1.44 bits per heavy atom. The molecule has 0 aromatic heterocycles. The molecular formula is C3H10NNa3O2. The van der Waals surface area contributed by atoms with E-state index in [2.05, 4.69) is 5.32 Å². The second-order valence-electron chi connectivity index (χ2n) is 0.924. The van der Waals surface area contributed by atoms with Gasteiger partial charge in [0.25, 0.3) is 0 Å². The van der Waals surface area contributed by atoms with Crippen molar-refractivity contribution < 1.29 is 9.90 Å². The molecule has 0 aliphatic carbocycles. The molecule has 6 heteroatoms. The number of hydrogen-bond donors (Lipinski definition) is 2. The molecule has 9 heavy (non-hydrogen) atoms. The molecule has 0 saturated heterocycles. The standard InChI is InChI=1S/C3H7NO2.3Na.3H/c1-4-2-3(5)6;;;;;;/h4H,2H2,1H3,(H,5,6);;;;;;. The Bertz CT molecular complexity index is 61.0. The van der Waals surface area contributed by atoms with Crippen molar-refractivity contribution in [3.05, 3.63) is 0 Å². The van der Waals surface area contributed by atoms with E-state index in [9.17, 15) is 4.79 Å². The Labute approximate surface area is 121 Å². The van der Waals surface area contributed by atoms with Gasteiger partial charge < -0.3 is 10.4 Å². The van der Waals surface area contributed by atoms with E-state index in [1.165, 1.54) is 0 Å². The van der Waals surface area contributed by atoms with Gasteiger partial charge in [-0.15, -0.1) is 0 Å².